The average molecular weight is 209 g/mol. The fraction of sp³-hybridized carbons (Fsp3) is 0.900. The first-order chi connectivity index (χ1) is 7.15. The molecule has 0 saturated heterocycles. The van der Waals surface area contributed by atoms with Gasteiger partial charge >= 0.3 is 0 Å². The second kappa shape index (κ2) is 3.89. The number of nitrogens with two attached hydrogens (primary N) is 1. The monoisotopic (exact) mass is 209 g/mol. The molecule has 0 aliphatic heterocycles. The topological polar surface area (TPSA) is 80.5 Å². The Hall–Kier alpha value is -0.970. The van der Waals surface area contributed by atoms with Gasteiger partial charge in [0.15, 0.2) is 0 Å². The first-order valence-electron chi connectivity index (χ1n) is 5.58. The normalized spacial score (nSPS) is 35.9. The molecule has 1 aromatic heterocycles. The van der Waals surface area contributed by atoms with Gasteiger partial charge < -0.3 is 5.73 Å². The van der Waals surface area contributed by atoms with Gasteiger partial charge in [0.05, 0.1) is 0 Å². The third-order valence-electron chi connectivity index (χ3n) is 3.85. The molecule has 1 aliphatic rings. The van der Waals surface area contributed by atoms with Crippen LogP contribution in [0.4, 0.5) is 0 Å². The number of aromatic amines is 1. The van der Waals surface area contributed by atoms with Crippen molar-refractivity contribution in [2.24, 2.45) is 23.0 Å². The minimum Gasteiger partial charge on any atom is -0.330 e. The summed E-state index contributed by atoms with van der Waals surface area (Å²) in [6.45, 7) is 5.34. The molecular weight excluding hydrogens is 190 g/mol. The van der Waals surface area contributed by atoms with Gasteiger partial charge in [-0.05, 0) is 47.1 Å². The molecule has 0 spiro atoms. The molecule has 1 heterocycles. The molecule has 1 aromatic rings. The van der Waals surface area contributed by atoms with E-state index in [1.807, 2.05) is 0 Å². The number of nitrogens with one attached hydrogen (secondary N) is 1. The van der Waals surface area contributed by atoms with Crippen LogP contribution in [0.25, 0.3) is 0 Å². The lowest BCUT2D eigenvalue weighted by molar-refractivity contribution is 0.285. The van der Waals surface area contributed by atoms with Gasteiger partial charge in [0.25, 0.3) is 0 Å². The second-order valence-electron chi connectivity index (χ2n) is 5.09. The molecule has 3 N–H and O–H groups in total. The van der Waals surface area contributed by atoms with E-state index in [4.69, 9.17) is 5.73 Å². The minimum absolute atomic E-state index is 0.208. The average Bonchev–Trinajstić information content (AvgIpc) is 2.78. The molecule has 0 amide bonds. The van der Waals surface area contributed by atoms with E-state index in [9.17, 15) is 0 Å². The summed E-state index contributed by atoms with van der Waals surface area (Å²) in [5.74, 6) is 2.37. The van der Waals surface area contributed by atoms with E-state index < -0.39 is 0 Å². The molecule has 1 saturated carbocycles. The van der Waals surface area contributed by atoms with Gasteiger partial charge in [-0.15, -0.1) is 5.10 Å². The third-order valence-corrected chi connectivity index (χ3v) is 3.85. The maximum absolute atomic E-state index is 5.93. The minimum atomic E-state index is 0.208. The van der Waals surface area contributed by atoms with Crippen LogP contribution < -0.4 is 5.73 Å². The lowest BCUT2D eigenvalue weighted by Gasteiger charge is -2.26. The van der Waals surface area contributed by atoms with Crippen LogP contribution in [0.15, 0.2) is 0 Å². The number of H-pyrrole nitrogens is 1. The van der Waals surface area contributed by atoms with Gasteiger partial charge in [-0.2, -0.15) is 0 Å². The highest BCUT2D eigenvalue weighted by atomic mass is 15.5. The van der Waals surface area contributed by atoms with Crippen LogP contribution in [0.1, 0.15) is 32.5 Å². The van der Waals surface area contributed by atoms with Crippen LogP contribution >= 0.6 is 0 Å². The highest BCUT2D eigenvalue weighted by molar-refractivity contribution is 4.98. The molecule has 2 rings (SSSR count). The van der Waals surface area contributed by atoms with E-state index in [-0.39, 0.29) is 5.41 Å². The summed E-state index contributed by atoms with van der Waals surface area (Å²) in [5, 5.41) is 14.0. The summed E-state index contributed by atoms with van der Waals surface area (Å²) >= 11 is 0. The molecule has 84 valence electrons. The summed E-state index contributed by atoms with van der Waals surface area (Å²) in [6.07, 6.45) is 3.25. The Bertz CT molecular complexity index is 298. The second-order valence-corrected chi connectivity index (χ2v) is 5.09. The largest absolute Gasteiger partial charge is 0.330 e. The molecule has 1 fully saturated rings. The van der Waals surface area contributed by atoms with Gasteiger partial charge in [-0.25, -0.2) is 5.10 Å². The molecule has 0 aromatic carbocycles. The lowest BCUT2D eigenvalue weighted by Crippen LogP contribution is -2.31. The fourth-order valence-electron chi connectivity index (χ4n) is 2.84. The zero-order valence-electron chi connectivity index (χ0n) is 9.40. The maximum Gasteiger partial charge on any atom is 0.149 e. The highest BCUT2D eigenvalue weighted by Crippen LogP contribution is 2.46. The molecule has 5 heteroatoms. The number of aromatic nitrogens is 4. The van der Waals surface area contributed by atoms with Crippen LogP contribution in [0.2, 0.25) is 0 Å². The SMILES string of the molecule is C[C@@H]1C[C@@](CN)(Cc2nnn[nH]2)C[C@@H]1C. The van der Waals surface area contributed by atoms with Gasteiger partial charge in [0, 0.05) is 6.42 Å². The number of hydrogen-bond donors (Lipinski definition) is 2. The van der Waals surface area contributed by atoms with E-state index in [0.29, 0.717) is 0 Å². The van der Waals surface area contributed by atoms with Gasteiger partial charge in [0.2, 0.25) is 0 Å². The van der Waals surface area contributed by atoms with E-state index in [2.05, 4.69) is 34.5 Å². The first-order valence-corrected chi connectivity index (χ1v) is 5.58. The van der Waals surface area contributed by atoms with Crippen LogP contribution in [0.3, 0.4) is 0 Å². The quantitative estimate of drug-likeness (QED) is 0.770. The van der Waals surface area contributed by atoms with Gasteiger partial charge in [0.1, 0.15) is 5.82 Å². The summed E-state index contributed by atoms with van der Waals surface area (Å²) in [4.78, 5) is 0. The number of hydrogen-bond acceptors (Lipinski definition) is 4. The predicted molar refractivity (Wildman–Crippen MR) is 56.9 cm³/mol. The fourth-order valence-corrected chi connectivity index (χ4v) is 2.84. The Morgan fingerprint density at radius 1 is 1.40 bits per heavy atom. The van der Waals surface area contributed by atoms with Crippen LogP contribution in [0.5, 0.6) is 0 Å². The summed E-state index contributed by atoms with van der Waals surface area (Å²) in [7, 11) is 0. The molecule has 0 bridgehead atoms. The van der Waals surface area contributed by atoms with E-state index in [0.717, 1.165) is 30.6 Å². The molecule has 3 atom stereocenters. The van der Waals surface area contributed by atoms with Crippen molar-refractivity contribution in [2.75, 3.05) is 6.54 Å². The van der Waals surface area contributed by atoms with Crippen LogP contribution in [0, 0.1) is 17.3 Å². The van der Waals surface area contributed by atoms with Gasteiger partial charge in [-0.1, -0.05) is 13.8 Å². The maximum atomic E-state index is 5.93. The van der Waals surface area contributed by atoms with E-state index >= 15 is 0 Å². The summed E-state index contributed by atoms with van der Waals surface area (Å²) in [5.41, 5.74) is 6.14. The molecule has 15 heavy (non-hydrogen) atoms. The van der Waals surface area contributed by atoms with Crippen molar-refractivity contribution in [3.63, 3.8) is 0 Å². The number of rotatable bonds is 3. The van der Waals surface area contributed by atoms with Crippen molar-refractivity contribution in [1.82, 2.24) is 20.6 Å². The zero-order chi connectivity index (χ0) is 10.9. The Balaban J connectivity index is 2.10. The van der Waals surface area contributed by atoms with Crippen molar-refractivity contribution in [3.8, 4) is 0 Å². The lowest BCUT2D eigenvalue weighted by atomic mass is 9.81. The third kappa shape index (κ3) is 2.02. The molecule has 0 radical (unpaired) electrons. The van der Waals surface area contributed by atoms with Crippen molar-refractivity contribution >= 4 is 0 Å². The van der Waals surface area contributed by atoms with Crippen molar-refractivity contribution in [3.05, 3.63) is 5.82 Å². The molecule has 5 nitrogen and oxygen atoms in total. The molecule has 1 aliphatic carbocycles. The van der Waals surface area contributed by atoms with Crippen LogP contribution in [-0.4, -0.2) is 27.2 Å². The smallest absolute Gasteiger partial charge is 0.149 e. The highest BCUT2D eigenvalue weighted by Gasteiger charge is 2.41. The van der Waals surface area contributed by atoms with Gasteiger partial charge in [-0.3, -0.25) is 0 Å². The van der Waals surface area contributed by atoms with E-state index in [1.165, 1.54) is 12.8 Å². The Kier molecular flexibility index (Phi) is 2.73. The number of tetrazole rings is 1. The van der Waals surface area contributed by atoms with Crippen molar-refractivity contribution in [2.45, 2.75) is 33.1 Å². The van der Waals surface area contributed by atoms with Crippen LogP contribution in [-0.2, 0) is 6.42 Å². The molecule has 0 unspecified atom stereocenters. The first kappa shape index (κ1) is 10.5. The van der Waals surface area contributed by atoms with Crippen molar-refractivity contribution < 1.29 is 0 Å². The summed E-state index contributed by atoms with van der Waals surface area (Å²) in [6, 6.07) is 0. The summed E-state index contributed by atoms with van der Waals surface area (Å²) < 4.78 is 0. The predicted octanol–water partition coefficient (Wildman–Crippen LogP) is 0.753. The van der Waals surface area contributed by atoms with E-state index in [1.54, 1.807) is 0 Å². The van der Waals surface area contributed by atoms with Crippen molar-refractivity contribution in [1.29, 1.82) is 0 Å². The zero-order valence-corrected chi connectivity index (χ0v) is 9.40. The Morgan fingerprint density at radius 3 is 2.53 bits per heavy atom. The Labute approximate surface area is 89.8 Å². The Morgan fingerprint density at radius 2 is 2.07 bits per heavy atom. The molecular formula is C10H19N5. The number of nitrogens with zero attached hydrogens (tertiary/aromatic N) is 3. The standard InChI is InChI=1S/C10H19N5/c1-7-3-10(6-11,4-8(7)2)5-9-12-14-15-13-9/h7-8H,3-6,11H2,1-2H3,(H,12,13,14,15)/t7-,8+,10+.